The first-order valence-electron chi connectivity index (χ1n) is 12.6. The summed E-state index contributed by atoms with van der Waals surface area (Å²) in [5, 5.41) is 3.99. The average Bonchev–Trinajstić information content (AvgIpc) is 3.49. The molecule has 1 unspecified atom stereocenters. The zero-order valence-corrected chi connectivity index (χ0v) is 21.0. The van der Waals surface area contributed by atoms with E-state index in [0.717, 1.165) is 0 Å². The molecule has 3 heteroatoms. The van der Waals surface area contributed by atoms with Crippen molar-refractivity contribution in [3.63, 3.8) is 0 Å². The molecule has 0 saturated heterocycles. The minimum absolute atomic E-state index is 0.911. The van der Waals surface area contributed by atoms with Gasteiger partial charge in [0.25, 0.3) is 0 Å². The van der Waals surface area contributed by atoms with Crippen LogP contribution < -0.4 is 14.6 Å². The highest BCUT2D eigenvalue weighted by atomic mass is 31.1. The number of rotatable bonds is 3. The molecule has 0 bridgehead atoms. The highest BCUT2D eigenvalue weighted by Crippen LogP contribution is 2.66. The van der Waals surface area contributed by atoms with E-state index in [0.29, 0.717) is 0 Å². The first kappa shape index (κ1) is 20.8. The van der Waals surface area contributed by atoms with Crippen molar-refractivity contribution in [2.24, 2.45) is 0 Å². The quantitative estimate of drug-likeness (QED) is 0.228. The standard InChI is InChI=1S/C34H23N2P/c1-3-12-24(13-4-1)35-32-20-9-10-21-33(32)36(37(35)25-14-5-2-6-15-25)31-23-22-29-27-17-8-7-16-26(27)28-18-11-19-30(31)34(28)29/h1-23H. The Morgan fingerprint density at radius 1 is 0.378 bits per heavy atom. The van der Waals surface area contributed by atoms with Gasteiger partial charge in [-0.15, -0.1) is 0 Å². The molecule has 6 aromatic rings. The number of para-hydroxylation sites is 3. The van der Waals surface area contributed by atoms with E-state index >= 15 is 0 Å². The molecule has 6 aromatic carbocycles. The second-order valence-corrected chi connectivity index (χ2v) is 11.4. The summed E-state index contributed by atoms with van der Waals surface area (Å²) in [5.41, 5.74) is 10.3. The Labute approximate surface area is 217 Å². The first-order valence-corrected chi connectivity index (χ1v) is 13.9. The van der Waals surface area contributed by atoms with Crippen molar-refractivity contribution in [1.29, 1.82) is 0 Å². The summed E-state index contributed by atoms with van der Waals surface area (Å²) < 4.78 is 5.14. The molecule has 0 N–H and O–H groups in total. The number of fused-ring (bicyclic) bond motifs is 4. The van der Waals surface area contributed by atoms with Crippen LogP contribution in [0, 0.1) is 0 Å². The largest absolute Gasteiger partial charge is 0.297 e. The van der Waals surface area contributed by atoms with Crippen molar-refractivity contribution in [1.82, 2.24) is 0 Å². The third-order valence-electron chi connectivity index (χ3n) is 7.46. The maximum atomic E-state index is 2.60. The maximum absolute atomic E-state index is 2.60. The molecule has 1 aliphatic carbocycles. The first-order chi connectivity index (χ1) is 18.4. The summed E-state index contributed by atoms with van der Waals surface area (Å²) >= 11 is 0. The molecule has 0 saturated carbocycles. The van der Waals surface area contributed by atoms with Crippen LogP contribution in [0.25, 0.3) is 33.0 Å². The summed E-state index contributed by atoms with van der Waals surface area (Å²) in [5.74, 6) is 0. The molecule has 1 heterocycles. The Morgan fingerprint density at radius 3 is 1.68 bits per heavy atom. The van der Waals surface area contributed by atoms with E-state index in [1.807, 2.05) is 0 Å². The van der Waals surface area contributed by atoms with Crippen molar-refractivity contribution in [2.45, 2.75) is 0 Å². The lowest BCUT2D eigenvalue weighted by atomic mass is 10.0. The number of anilines is 4. The average molecular weight is 491 g/mol. The van der Waals surface area contributed by atoms with Gasteiger partial charge in [-0.3, -0.25) is 9.34 Å². The number of hydrogen-bond acceptors (Lipinski definition) is 2. The van der Waals surface area contributed by atoms with E-state index in [9.17, 15) is 0 Å². The summed E-state index contributed by atoms with van der Waals surface area (Å²) in [6.45, 7) is 0. The lowest BCUT2D eigenvalue weighted by Crippen LogP contribution is -2.22. The van der Waals surface area contributed by atoms with Gasteiger partial charge in [0.05, 0.1) is 17.1 Å². The van der Waals surface area contributed by atoms with Crippen molar-refractivity contribution in [3.8, 4) is 22.3 Å². The van der Waals surface area contributed by atoms with Gasteiger partial charge in [-0.2, -0.15) is 0 Å². The Hall–Kier alpha value is -4.39. The van der Waals surface area contributed by atoms with Crippen LogP contribution in [0.3, 0.4) is 0 Å². The molecule has 2 nitrogen and oxygen atoms in total. The minimum Gasteiger partial charge on any atom is -0.297 e. The van der Waals surface area contributed by atoms with Gasteiger partial charge < -0.3 is 0 Å². The van der Waals surface area contributed by atoms with E-state index in [1.54, 1.807) is 0 Å². The summed E-state index contributed by atoms with van der Waals surface area (Å²) in [7, 11) is -0.911. The van der Waals surface area contributed by atoms with Gasteiger partial charge in [0, 0.05) is 16.4 Å². The molecule has 0 fully saturated rings. The van der Waals surface area contributed by atoms with Crippen molar-refractivity contribution < 1.29 is 0 Å². The molecule has 37 heavy (non-hydrogen) atoms. The fourth-order valence-electron chi connectivity index (χ4n) is 5.94. The van der Waals surface area contributed by atoms with Gasteiger partial charge in [-0.05, 0) is 58.0 Å². The molecule has 8 rings (SSSR count). The Balaban J connectivity index is 1.42. The topological polar surface area (TPSA) is 6.48 Å². The highest BCUT2D eigenvalue weighted by molar-refractivity contribution is 7.70. The molecule has 0 spiro atoms. The Bertz CT molecular complexity index is 1770. The van der Waals surface area contributed by atoms with Crippen molar-refractivity contribution in [2.75, 3.05) is 9.34 Å². The number of benzene rings is 6. The van der Waals surface area contributed by atoms with Crippen LogP contribution in [0.2, 0.25) is 0 Å². The lowest BCUT2D eigenvalue weighted by Gasteiger charge is -2.33. The zero-order chi connectivity index (χ0) is 24.3. The van der Waals surface area contributed by atoms with Crippen LogP contribution in [0.4, 0.5) is 22.7 Å². The zero-order valence-electron chi connectivity index (χ0n) is 20.1. The Morgan fingerprint density at radius 2 is 0.946 bits per heavy atom. The molecule has 2 aliphatic rings. The summed E-state index contributed by atoms with van der Waals surface area (Å²) in [6.07, 6.45) is 0. The third kappa shape index (κ3) is 2.97. The Kier molecular flexibility index (Phi) is 4.53. The van der Waals surface area contributed by atoms with E-state index in [-0.39, 0.29) is 0 Å². The van der Waals surface area contributed by atoms with Gasteiger partial charge in [-0.1, -0.05) is 109 Å². The minimum atomic E-state index is -0.911. The lowest BCUT2D eigenvalue weighted by molar-refractivity contribution is 1.45. The van der Waals surface area contributed by atoms with Crippen LogP contribution >= 0.6 is 8.22 Å². The smallest absolute Gasteiger partial charge is 0.138 e. The highest BCUT2D eigenvalue weighted by Gasteiger charge is 2.40. The molecule has 1 atom stereocenters. The van der Waals surface area contributed by atoms with Crippen molar-refractivity contribution >= 4 is 47.0 Å². The molecule has 0 amide bonds. The molecule has 0 radical (unpaired) electrons. The second kappa shape index (κ2) is 8.06. The van der Waals surface area contributed by atoms with E-state index < -0.39 is 8.22 Å². The van der Waals surface area contributed by atoms with Gasteiger partial charge in [0.15, 0.2) is 0 Å². The molecule has 1 aliphatic heterocycles. The van der Waals surface area contributed by atoms with E-state index in [1.165, 1.54) is 61.1 Å². The summed E-state index contributed by atoms with van der Waals surface area (Å²) in [6, 6.07) is 50.9. The van der Waals surface area contributed by atoms with E-state index in [2.05, 4.69) is 149 Å². The molecule has 0 aromatic heterocycles. The predicted molar refractivity (Wildman–Crippen MR) is 159 cm³/mol. The van der Waals surface area contributed by atoms with Gasteiger partial charge in [0.1, 0.15) is 8.22 Å². The van der Waals surface area contributed by atoms with Crippen LogP contribution in [-0.4, -0.2) is 0 Å². The van der Waals surface area contributed by atoms with Crippen LogP contribution in [0.15, 0.2) is 140 Å². The normalized spacial score (nSPS) is 15.2. The van der Waals surface area contributed by atoms with Gasteiger partial charge in [0.2, 0.25) is 0 Å². The third-order valence-corrected chi connectivity index (χ3v) is 9.85. The van der Waals surface area contributed by atoms with Gasteiger partial charge in [-0.25, -0.2) is 0 Å². The predicted octanol–water partition coefficient (Wildman–Crippen LogP) is 9.41. The van der Waals surface area contributed by atoms with Crippen molar-refractivity contribution in [3.05, 3.63) is 140 Å². The summed E-state index contributed by atoms with van der Waals surface area (Å²) in [4.78, 5) is 0. The SMILES string of the molecule is c1ccc(N2c3ccccc3N(c3ccc4c5c(cccc35)-c3ccccc3-4)P2c2ccccc2)cc1. The molecular formula is C34H23N2P. The van der Waals surface area contributed by atoms with Gasteiger partial charge >= 0.3 is 0 Å². The maximum Gasteiger partial charge on any atom is 0.138 e. The van der Waals surface area contributed by atoms with Crippen LogP contribution in [-0.2, 0) is 0 Å². The molecule has 174 valence electrons. The monoisotopic (exact) mass is 490 g/mol. The fraction of sp³-hybridized carbons (Fsp3) is 0. The number of nitrogens with zero attached hydrogens (tertiary/aromatic N) is 2. The van der Waals surface area contributed by atoms with E-state index in [4.69, 9.17) is 0 Å². The van der Waals surface area contributed by atoms with Crippen LogP contribution in [0.5, 0.6) is 0 Å². The van der Waals surface area contributed by atoms with Crippen LogP contribution in [0.1, 0.15) is 0 Å². The number of hydrogen-bond donors (Lipinski definition) is 0. The fourth-order valence-corrected chi connectivity index (χ4v) is 8.49. The molecular weight excluding hydrogens is 467 g/mol. The second-order valence-electron chi connectivity index (χ2n) is 9.48.